The van der Waals surface area contributed by atoms with Gasteiger partial charge >= 0.3 is 11.7 Å². The number of pyridine rings is 1. The van der Waals surface area contributed by atoms with E-state index >= 15 is 0 Å². The molecule has 1 aliphatic rings. The largest absolute Gasteiger partial charge is 0.477 e. The monoisotopic (exact) mass is 279 g/mol. The molecule has 0 bridgehead atoms. The van der Waals surface area contributed by atoms with Gasteiger partial charge < -0.3 is 10.0 Å². The van der Waals surface area contributed by atoms with E-state index in [1.54, 1.807) is 0 Å². The van der Waals surface area contributed by atoms with E-state index < -0.39 is 10.9 Å². The summed E-state index contributed by atoms with van der Waals surface area (Å²) < 4.78 is 0. The Morgan fingerprint density at radius 3 is 2.75 bits per heavy atom. The Labute approximate surface area is 116 Å². The fraction of sp³-hybridized carbons (Fsp3) is 0.538. The standard InChI is InChI=1S/C13H17N3O4/c1-2-3-8-15(9-4-5-9)12-11(16(19)20)7-6-10(14-12)13(17)18/h6-7,9H,2-5,8H2,1H3,(H,17,18). The first-order valence-corrected chi connectivity index (χ1v) is 6.70. The average molecular weight is 279 g/mol. The van der Waals surface area contributed by atoms with Crippen molar-refractivity contribution >= 4 is 17.5 Å². The second-order valence-corrected chi connectivity index (χ2v) is 4.88. The van der Waals surface area contributed by atoms with Crippen LogP contribution in [0.3, 0.4) is 0 Å². The quantitative estimate of drug-likeness (QED) is 0.608. The van der Waals surface area contributed by atoms with E-state index in [-0.39, 0.29) is 23.2 Å². The number of rotatable bonds is 7. The van der Waals surface area contributed by atoms with Gasteiger partial charge in [-0.2, -0.15) is 0 Å². The van der Waals surface area contributed by atoms with Crippen molar-refractivity contribution in [3.63, 3.8) is 0 Å². The third-order valence-electron chi connectivity index (χ3n) is 3.28. The molecule has 1 aromatic heterocycles. The summed E-state index contributed by atoms with van der Waals surface area (Å²) in [5.74, 6) is -0.988. The number of hydrogen-bond acceptors (Lipinski definition) is 5. The van der Waals surface area contributed by atoms with Gasteiger partial charge in [-0.05, 0) is 25.3 Å². The highest BCUT2D eigenvalue weighted by Gasteiger charge is 2.34. The Morgan fingerprint density at radius 2 is 2.25 bits per heavy atom. The highest BCUT2D eigenvalue weighted by Crippen LogP contribution is 2.35. The molecule has 0 unspecified atom stereocenters. The number of anilines is 1. The Bertz CT molecular complexity index is 528. The lowest BCUT2D eigenvalue weighted by atomic mass is 10.2. The fourth-order valence-electron chi connectivity index (χ4n) is 2.09. The highest BCUT2D eigenvalue weighted by molar-refractivity contribution is 5.86. The number of nitro groups is 1. The number of aromatic carboxylic acids is 1. The molecular formula is C13H17N3O4. The summed E-state index contributed by atoms with van der Waals surface area (Å²) in [7, 11) is 0. The number of carboxylic acids is 1. The average Bonchev–Trinajstić information content (AvgIpc) is 3.23. The highest BCUT2D eigenvalue weighted by atomic mass is 16.6. The third-order valence-corrected chi connectivity index (χ3v) is 3.28. The molecule has 0 spiro atoms. The molecule has 7 nitrogen and oxygen atoms in total. The summed E-state index contributed by atoms with van der Waals surface area (Å²) in [4.78, 5) is 27.5. The Morgan fingerprint density at radius 1 is 1.55 bits per heavy atom. The smallest absolute Gasteiger partial charge is 0.354 e. The van der Waals surface area contributed by atoms with Crippen LogP contribution < -0.4 is 4.90 Å². The van der Waals surface area contributed by atoms with E-state index in [9.17, 15) is 14.9 Å². The Kier molecular flexibility index (Phi) is 4.16. The molecule has 1 N–H and O–H groups in total. The van der Waals surface area contributed by atoms with Gasteiger partial charge in [-0.3, -0.25) is 10.1 Å². The van der Waals surface area contributed by atoms with Gasteiger partial charge in [0.1, 0.15) is 0 Å². The van der Waals surface area contributed by atoms with Crippen molar-refractivity contribution in [1.29, 1.82) is 0 Å². The molecule has 1 heterocycles. The van der Waals surface area contributed by atoms with Crippen LogP contribution in [0.15, 0.2) is 12.1 Å². The molecule has 0 amide bonds. The van der Waals surface area contributed by atoms with Crippen LogP contribution in [0.5, 0.6) is 0 Å². The minimum Gasteiger partial charge on any atom is -0.477 e. The molecule has 0 aromatic carbocycles. The maximum atomic E-state index is 11.1. The van der Waals surface area contributed by atoms with Gasteiger partial charge in [0.25, 0.3) is 0 Å². The second-order valence-electron chi connectivity index (χ2n) is 4.88. The number of aromatic nitrogens is 1. The van der Waals surface area contributed by atoms with Crippen molar-refractivity contribution in [3.05, 3.63) is 27.9 Å². The van der Waals surface area contributed by atoms with Gasteiger partial charge in [0, 0.05) is 18.7 Å². The molecule has 1 aromatic rings. The van der Waals surface area contributed by atoms with Gasteiger partial charge in [-0.1, -0.05) is 13.3 Å². The first-order chi connectivity index (χ1) is 9.54. The Hall–Kier alpha value is -2.18. The van der Waals surface area contributed by atoms with Gasteiger partial charge in [0.2, 0.25) is 5.82 Å². The summed E-state index contributed by atoms with van der Waals surface area (Å²) in [6.45, 7) is 2.71. The van der Waals surface area contributed by atoms with E-state index in [1.165, 1.54) is 12.1 Å². The number of hydrogen-bond donors (Lipinski definition) is 1. The van der Waals surface area contributed by atoms with Crippen LogP contribution in [0, 0.1) is 10.1 Å². The predicted octanol–water partition coefficient (Wildman–Crippen LogP) is 2.46. The molecule has 20 heavy (non-hydrogen) atoms. The molecule has 1 fully saturated rings. The number of nitrogens with zero attached hydrogens (tertiary/aromatic N) is 3. The molecule has 2 rings (SSSR count). The molecule has 0 atom stereocenters. The van der Waals surface area contributed by atoms with Gasteiger partial charge in [0.05, 0.1) is 4.92 Å². The van der Waals surface area contributed by atoms with Crippen molar-refractivity contribution in [2.75, 3.05) is 11.4 Å². The lowest BCUT2D eigenvalue weighted by molar-refractivity contribution is -0.384. The number of unbranched alkanes of at least 4 members (excludes halogenated alkanes) is 1. The summed E-state index contributed by atoms with van der Waals surface area (Å²) in [6.07, 6.45) is 3.81. The zero-order chi connectivity index (χ0) is 14.7. The maximum Gasteiger partial charge on any atom is 0.354 e. The minimum atomic E-state index is -1.17. The van der Waals surface area contributed by atoms with E-state index in [2.05, 4.69) is 4.98 Å². The minimum absolute atomic E-state index is 0.127. The van der Waals surface area contributed by atoms with Gasteiger partial charge in [-0.25, -0.2) is 9.78 Å². The molecule has 0 aliphatic heterocycles. The van der Waals surface area contributed by atoms with Crippen LogP contribution in [-0.4, -0.2) is 33.6 Å². The molecule has 0 radical (unpaired) electrons. The van der Waals surface area contributed by atoms with Crippen molar-refractivity contribution in [2.24, 2.45) is 0 Å². The second kappa shape index (κ2) is 5.85. The van der Waals surface area contributed by atoms with E-state index in [0.29, 0.717) is 6.54 Å². The first-order valence-electron chi connectivity index (χ1n) is 6.70. The lowest BCUT2D eigenvalue weighted by Gasteiger charge is -2.23. The number of carbonyl (C=O) groups is 1. The normalized spacial score (nSPS) is 14.1. The zero-order valence-corrected chi connectivity index (χ0v) is 11.3. The van der Waals surface area contributed by atoms with Crippen LogP contribution in [-0.2, 0) is 0 Å². The van der Waals surface area contributed by atoms with Crippen molar-refractivity contribution in [2.45, 2.75) is 38.6 Å². The van der Waals surface area contributed by atoms with Crippen LogP contribution in [0.4, 0.5) is 11.5 Å². The number of carboxylic acid groups (broad SMARTS) is 1. The van der Waals surface area contributed by atoms with Crippen LogP contribution in [0.1, 0.15) is 43.1 Å². The molecule has 7 heteroatoms. The molecule has 1 saturated carbocycles. The molecule has 0 saturated heterocycles. The van der Waals surface area contributed by atoms with Crippen LogP contribution in [0.2, 0.25) is 0 Å². The van der Waals surface area contributed by atoms with Crippen molar-refractivity contribution < 1.29 is 14.8 Å². The SMILES string of the molecule is CCCCN(c1nc(C(=O)O)ccc1[N+](=O)[O-])C1CC1. The topological polar surface area (TPSA) is 96.6 Å². The van der Waals surface area contributed by atoms with Gasteiger partial charge in [-0.15, -0.1) is 0 Å². The summed E-state index contributed by atoms with van der Waals surface area (Å²) in [5.41, 5.74) is -0.286. The van der Waals surface area contributed by atoms with Crippen molar-refractivity contribution in [1.82, 2.24) is 4.98 Å². The predicted molar refractivity (Wildman–Crippen MR) is 73.1 cm³/mol. The molecule has 1 aliphatic carbocycles. The lowest BCUT2D eigenvalue weighted by Crippen LogP contribution is -2.29. The van der Waals surface area contributed by atoms with Crippen LogP contribution >= 0.6 is 0 Å². The summed E-state index contributed by atoms with van der Waals surface area (Å²) in [6, 6.07) is 2.65. The van der Waals surface area contributed by atoms with Crippen LogP contribution in [0.25, 0.3) is 0 Å². The van der Waals surface area contributed by atoms with Crippen molar-refractivity contribution in [3.8, 4) is 0 Å². The third kappa shape index (κ3) is 3.04. The zero-order valence-electron chi connectivity index (χ0n) is 11.3. The van der Waals surface area contributed by atoms with E-state index in [0.717, 1.165) is 25.7 Å². The van der Waals surface area contributed by atoms with E-state index in [1.807, 2.05) is 11.8 Å². The Balaban J connectivity index is 2.40. The maximum absolute atomic E-state index is 11.1. The molecule has 108 valence electrons. The first kappa shape index (κ1) is 14.2. The van der Waals surface area contributed by atoms with E-state index in [4.69, 9.17) is 5.11 Å². The fourth-order valence-corrected chi connectivity index (χ4v) is 2.09. The summed E-state index contributed by atoms with van der Waals surface area (Å²) in [5, 5.41) is 20.1. The molecular weight excluding hydrogens is 262 g/mol. The van der Waals surface area contributed by atoms with Gasteiger partial charge in [0.15, 0.2) is 5.69 Å². The summed E-state index contributed by atoms with van der Waals surface area (Å²) >= 11 is 0.